The van der Waals surface area contributed by atoms with Crippen molar-refractivity contribution in [3.8, 4) is 10.6 Å². The molecule has 4 aromatic rings. The molecule has 6 nitrogen and oxygen atoms in total. The first kappa shape index (κ1) is 19.0. The number of amides is 1. The molecule has 0 spiro atoms. The molecule has 0 atom stereocenters. The highest BCUT2D eigenvalue weighted by molar-refractivity contribution is 7.21. The van der Waals surface area contributed by atoms with Crippen LogP contribution in [0.1, 0.15) is 15.9 Å². The lowest BCUT2D eigenvalue weighted by Gasteiger charge is -2.10. The lowest BCUT2D eigenvalue weighted by atomic mass is 10.1. The van der Waals surface area contributed by atoms with Gasteiger partial charge in [-0.15, -0.1) is 11.3 Å². The highest BCUT2D eigenvalue weighted by Gasteiger charge is 2.17. The van der Waals surface area contributed by atoms with Crippen molar-refractivity contribution in [2.24, 2.45) is 0 Å². The molecule has 1 heterocycles. The number of para-hydroxylation sites is 1. The first-order valence-corrected chi connectivity index (χ1v) is 9.84. The van der Waals surface area contributed by atoms with Gasteiger partial charge in [-0.1, -0.05) is 23.7 Å². The molecule has 0 saturated carbocycles. The minimum Gasteiger partial charge on any atom is -0.321 e. The summed E-state index contributed by atoms with van der Waals surface area (Å²) in [5, 5.41) is 15.1. The van der Waals surface area contributed by atoms with Crippen LogP contribution in [0.3, 0.4) is 0 Å². The Labute approximate surface area is 174 Å². The minimum atomic E-state index is -0.471. The number of carbonyl (C=O) groups excluding carboxylic acids is 1. The van der Waals surface area contributed by atoms with Gasteiger partial charge in [0.1, 0.15) is 5.01 Å². The molecule has 1 aromatic heterocycles. The van der Waals surface area contributed by atoms with Crippen molar-refractivity contribution in [3.63, 3.8) is 0 Å². The zero-order valence-electron chi connectivity index (χ0n) is 15.2. The van der Waals surface area contributed by atoms with Crippen LogP contribution in [0, 0.1) is 17.0 Å². The maximum atomic E-state index is 12.8. The van der Waals surface area contributed by atoms with Gasteiger partial charge >= 0.3 is 0 Å². The molecule has 0 saturated heterocycles. The normalized spacial score (nSPS) is 10.8. The van der Waals surface area contributed by atoms with Gasteiger partial charge in [0.05, 0.1) is 20.8 Å². The molecule has 3 aromatic carbocycles. The fourth-order valence-electron chi connectivity index (χ4n) is 2.99. The quantitative estimate of drug-likeness (QED) is 0.318. The van der Waals surface area contributed by atoms with Crippen LogP contribution < -0.4 is 5.32 Å². The van der Waals surface area contributed by atoms with Crippen LogP contribution >= 0.6 is 22.9 Å². The summed E-state index contributed by atoms with van der Waals surface area (Å²) in [6, 6.07) is 17.2. The number of benzene rings is 3. The molecule has 1 amide bonds. The number of carbonyl (C=O) groups is 1. The molecule has 0 aliphatic carbocycles. The Bertz CT molecular complexity index is 1240. The number of aryl methyl sites for hydroxylation is 1. The van der Waals surface area contributed by atoms with Crippen molar-refractivity contribution in [2.45, 2.75) is 6.92 Å². The Morgan fingerprint density at radius 1 is 1.14 bits per heavy atom. The molecule has 0 radical (unpaired) electrons. The number of nitrogens with one attached hydrogen (secondary N) is 1. The molecule has 8 heteroatoms. The van der Waals surface area contributed by atoms with Crippen LogP contribution in [0.25, 0.3) is 20.8 Å². The Hall–Kier alpha value is -3.29. The number of halogens is 1. The Morgan fingerprint density at radius 3 is 2.66 bits per heavy atom. The number of aromatic nitrogens is 1. The summed E-state index contributed by atoms with van der Waals surface area (Å²) in [6.45, 7) is 1.60. The first-order chi connectivity index (χ1) is 13.9. The van der Waals surface area contributed by atoms with Crippen LogP contribution in [0.5, 0.6) is 0 Å². The van der Waals surface area contributed by atoms with E-state index >= 15 is 0 Å². The van der Waals surface area contributed by atoms with Gasteiger partial charge in [0.25, 0.3) is 11.6 Å². The highest BCUT2D eigenvalue weighted by atomic mass is 35.5. The fourth-order valence-corrected chi connectivity index (χ4v) is 4.15. The molecule has 0 unspecified atom stereocenters. The maximum Gasteiger partial charge on any atom is 0.272 e. The molecular weight excluding hydrogens is 410 g/mol. The highest BCUT2D eigenvalue weighted by Crippen LogP contribution is 2.36. The maximum absolute atomic E-state index is 12.8. The summed E-state index contributed by atoms with van der Waals surface area (Å²) in [4.78, 5) is 27.9. The summed E-state index contributed by atoms with van der Waals surface area (Å²) in [5.74, 6) is -0.368. The number of hydrogen-bond donors (Lipinski definition) is 1. The van der Waals surface area contributed by atoms with Gasteiger partial charge in [-0.05, 0) is 49.4 Å². The van der Waals surface area contributed by atoms with Crippen molar-refractivity contribution in [1.29, 1.82) is 0 Å². The standard InChI is InChI=1S/C21H14ClN3O3S/c1-12-10-13(6-9-18(12)25(27)28)20(26)23-16-8-7-14(22)11-15(16)21-24-17-4-2-3-5-19(17)29-21/h2-11H,1H3,(H,23,26). The Morgan fingerprint density at radius 2 is 1.93 bits per heavy atom. The number of nitro benzene ring substituents is 1. The number of nitro groups is 1. The predicted molar refractivity (Wildman–Crippen MR) is 116 cm³/mol. The Balaban J connectivity index is 1.70. The van der Waals surface area contributed by atoms with E-state index in [4.69, 9.17) is 11.6 Å². The van der Waals surface area contributed by atoms with Crippen molar-refractivity contribution >= 4 is 50.4 Å². The van der Waals surface area contributed by atoms with Crippen molar-refractivity contribution in [2.75, 3.05) is 5.32 Å². The predicted octanol–water partition coefficient (Wildman–Crippen LogP) is 6.09. The third kappa shape index (κ3) is 3.83. The van der Waals surface area contributed by atoms with Gasteiger partial charge in [-0.3, -0.25) is 14.9 Å². The smallest absolute Gasteiger partial charge is 0.272 e. The SMILES string of the molecule is Cc1cc(C(=O)Nc2ccc(Cl)cc2-c2nc3ccccc3s2)ccc1[N+](=O)[O-]. The number of fused-ring (bicyclic) bond motifs is 1. The first-order valence-electron chi connectivity index (χ1n) is 8.64. The molecule has 0 aliphatic rings. The van der Waals surface area contributed by atoms with E-state index in [2.05, 4.69) is 10.3 Å². The topological polar surface area (TPSA) is 85.1 Å². The van der Waals surface area contributed by atoms with Gasteiger partial charge in [0, 0.05) is 27.8 Å². The third-order valence-electron chi connectivity index (χ3n) is 4.41. The second-order valence-electron chi connectivity index (χ2n) is 6.39. The second-order valence-corrected chi connectivity index (χ2v) is 7.86. The zero-order chi connectivity index (χ0) is 20.5. The van der Waals surface area contributed by atoms with E-state index in [1.165, 1.54) is 29.5 Å². The van der Waals surface area contributed by atoms with Crippen LogP contribution in [-0.4, -0.2) is 15.8 Å². The van der Waals surface area contributed by atoms with E-state index in [-0.39, 0.29) is 11.6 Å². The van der Waals surface area contributed by atoms with Crippen molar-refractivity contribution in [1.82, 2.24) is 4.98 Å². The largest absolute Gasteiger partial charge is 0.321 e. The van der Waals surface area contributed by atoms with Crippen molar-refractivity contribution in [3.05, 3.63) is 86.9 Å². The molecule has 0 fully saturated rings. The summed E-state index contributed by atoms with van der Waals surface area (Å²) in [6.07, 6.45) is 0. The average molecular weight is 424 g/mol. The number of hydrogen-bond acceptors (Lipinski definition) is 5. The molecule has 29 heavy (non-hydrogen) atoms. The third-order valence-corrected chi connectivity index (χ3v) is 5.71. The average Bonchev–Trinajstić information content (AvgIpc) is 3.13. The van der Waals surface area contributed by atoms with Crippen LogP contribution in [0.15, 0.2) is 60.7 Å². The van der Waals surface area contributed by atoms with E-state index in [0.717, 1.165) is 15.2 Å². The fraction of sp³-hybridized carbons (Fsp3) is 0.0476. The molecule has 0 bridgehead atoms. The lowest BCUT2D eigenvalue weighted by Crippen LogP contribution is -2.13. The van der Waals surface area contributed by atoms with Gasteiger partial charge in [-0.25, -0.2) is 4.98 Å². The molecule has 1 N–H and O–H groups in total. The summed E-state index contributed by atoms with van der Waals surface area (Å²) in [5.41, 5.74) is 2.88. The number of thiazole rings is 1. The van der Waals surface area contributed by atoms with E-state index < -0.39 is 4.92 Å². The van der Waals surface area contributed by atoms with Crippen LogP contribution in [0.2, 0.25) is 5.02 Å². The second kappa shape index (κ2) is 7.62. The number of anilines is 1. The minimum absolute atomic E-state index is 0.0248. The van der Waals surface area contributed by atoms with E-state index in [1.54, 1.807) is 25.1 Å². The van der Waals surface area contributed by atoms with Gasteiger partial charge < -0.3 is 5.32 Å². The molecule has 144 valence electrons. The van der Waals surface area contributed by atoms with E-state index in [9.17, 15) is 14.9 Å². The van der Waals surface area contributed by atoms with Crippen molar-refractivity contribution < 1.29 is 9.72 Å². The van der Waals surface area contributed by atoms with Crippen LogP contribution in [0.4, 0.5) is 11.4 Å². The lowest BCUT2D eigenvalue weighted by molar-refractivity contribution is -0.385. The van der Waals surface area contributed by atoms with E-state index in [1.807, 2.05) is 24.3 Å². The van der Waals surface area contributed by atoms with Crippen LogP contribution in [-0.2, 0) is 0 Å². The zero-order valence-corrected chi connectivity index (χ0v) is 16.8. The number of rotatable bonds is 4. The summed E-state index contributed by atoms with van der Waals surface area (Å²) < 4.78 is 1.03. The Kier molecular flexibility index (Phi) is 5.00. The monoisotopic (exact) mass is 423 g/mol. The van der Waals surface area contributed by atoms with Gasteiger partial charge in [0.2, 0.25) is 0 Å². The summed E-state index contributed by atoms with van der Waals surface area (Å²) >= 11 is 7.69. The molecule has 4 rings (SSSR count). The summed E-state index contributed by atoms with van der Waals surface area (Å²) in [7, 11) is 0. The van der Waals surface area contributed by atoms with Gasteiger partial charge in [0.15, 0.2) is 0 Å². The van der Waals surface area contributed by atoms with Gasteiger partial charge in [-0.2, -0.15) is 0 Å². The molecule has 0 aliphatic heterocycles. The molecular formula is C21H14ClN3O3S. The van der Waals surface area contributed by atoms with E-state index in [0.29, 0.717) is 27.4 Å². The number of nitrogens with zero attached hydrogens (tertiary/aromatic N) is 2.